The molecule has 1 unspecified atom stereocenters. The summed E-state index contributed by atoms with van der Waals surface area (Å²) in [7, 11) is 0. The molecule has 2 amide bonds. The molecule has 0 aliphatic heterocycles. The second-order valence-electron chi connectivity index (χ2n) is 8.61. The highest BCUT2D eigenvalue weighted by molar-refractivity contribution is 8.00. The van der Waals surface area contributed by atoms with Gasteiger partial charge in [-0.1, -0.05) is 72.8 Å². The van der Waals surface area contributed by atoms with E-state index in [0.717, 1.165) is 27.1 Å². The zero-order valence-corrected chi connectivity index (χ0v) is 22.3. The van der Waals surface area contributed by atoms with Crippen molar-refractivity contribution in [3.63, 3.8) is 0 Å². The number of nitrogens with zero attached hydrogens (tertiary/aromatic N) is 1. The maximum absolute atomic E-state index is 12.9. The number of aromatic nitrogens is 1. The van der Waals surface area contributed by atoms with Crippen LogP contribution in [-0.4, -0.2) is 22.0 Å². The molecule has 188 valence electrons. The van der Waals surface area contributed by atoms with Crippen molar-refractivity contribution in [3.05, 3.63) is 114 Å². The van der Waals surface area contributed by atoms with Crippen LogP contribution in [0.1, 0.15) is 12.5 Å². The molecule has 0 radical (unpaired) electrons. The summed E-state index contributed by atoms with van der Waals surface area (Å²) in [5.41, 5.74) is 3.48. The molecule has 0 bridgehead atoms. The summed E-state index contributed by atoms with van der Waals surface area (Å²) in [5, 5.41) is 10.3. The van der Waals surface area contributed by atoms with Crippen molar-refractivity contribution in [2.45, 2.75) is 17.1 Å². The Morgan fingerprint density at radius 3 is 2.50 bits per heavy atom. The first-order chi connectivity index (χ1) is 18.5. The molecule has 1 aromatic heterocycles. The third-order valence-corrected chi connectivity index (χ3v) is 7.64. The zero-order valence-electron chi connectivity index (χ0n) is 20.6. The molecule has 0 aliphatic rings. The lowest BCUT2D eigenvalue weighted by Crippen LogP contribution is -2.22. The molecule has 38 heavy (non-hydrogen) atoms. The molecule has 5 nitrogen and oxygen atoms in total. The van der Waals surface area contributed by atoms with E-state index in [-0.39, 0.29) is 17.1 Å². The quantitative estimate of drug-likeness (QED) is 0.158. The summed E-state index contributed by atoms with van der Waals surface area (Å²) in [4.78, 5) is 30.7. The molecule has 0 aliphatic carbocycles. The highest BCUT2D eigenvalue weighted by Crippen LogP contribution is 2.30. The maximum Gasteiger partial charge on any atom is 0.248 e. The normalized spacial score (nSPS) is 11.9. The van der Waals surface area contributed by atoms with Gasteiger partial charge >= 0.3 is 0 Å². The standard InChI is InChI=1S/C31H25N3O2S2/c1-21(38-27-13-7-12-26(19-27)32-29(35)17-14-22-8-3-2-4-9-22)30(36)34-31-33-28(20-37-31)25-16-15-23-10-5-6-11-24(23)18-25/h2-21H,1H3,(H,32,35)(H,33,34,36)/b17-14+. The largest absolute Gasteiger partial charge is 0.322 e. The monoisotopic (exact) mass is 535 g/mol. The van der Waals surface area contributed by atoms with Gasteiger partial charge in [0.2, 0.25) is 11.8 Å². The number of hydrogen-bond donors (Lipinski definition) is 2. The van der Waals surface area contributed by atoms with Crippen LogP contribution in [0.15, 0.2) is 113 Å². The number of carbonyl (C=O) groups is 2. The molecule has 2 N–H and O–H groups in total. The number of benzene rings is 4. The third kappa shape index (κ3) is 6.56. The Morgan fingerprint density at radius 1 is 0.868 bits per heavy atom. The van der Waals surface area contributed by atoms with Crippen LogP contribution in [-0.2, 0) is 9.59 Å². The minimum absolute atomic E-state index is 0.130. The summed E-state index contributed by atoms with van der Waals surface area (Å²) in [5.74, 6) is -0.345. The van der Waals surface area contributed by atoms with Crippen LogP contribution in [0, 0.1) is 0 Å². The van der Waals surface area contributed by atoms with Gasteiger partial charge in [0.05, 0.1) is 10.9 Å². The van der Waals surface area contributed by atoms with Gasteiger partial charge in [-0.3, -0.25) is 9.59 Å². The van der Waals surface area contributed by atoms with Crippen LogP contribution in [0.2, 0.25) is 0 Å². The third-order valence-electron chi connectivity index (χ3n) is 5.79. The lowest BCUT2D eigenvalue weighted by Gasteiger charge is -2.11. The number of thioether (sulfide) groups is 1. The fraction of sp³-hybridized carbons (Fsp3) is 0.0645. The van der Waals surface area contributed by atoms with Crippen LogP contribution >= 0.6 is 23.1 Å². The fourth-order valence-electron chi connectivity index (χ4n) is 3.84. The van der Waals surface area contributed by atoms with Gasteiger partial charge in [-0.25, -0.2) is 4.98 Å². The topological polar surface area (TPSA) is 71.1 Å². The van der Waals surface area contributed by atoms with E-state index in [1.165, 1.54) is 34.6 Å². The average molecular weight is 536 g/mol. The Kier molecular flexibility index (Phi) is 7.97. The van der Waals surface area contributed by atoms with Crippen LogP contribution in [0.5, 0.6) is 0 Å². The number of rotatable bonds is 8. The van der Waals surface area contributed by atoms with Crippen LogP contribution in [0.3, 0.4) is 0 Å². The van der Waals surface area contributed by atoms with Gasteiger partial charge in [-0.2, -0.15) is 0 Å². The van der Waals surface area contributed by atoms with Crippen molar-refractivity contribution in [2.75, 3.05) is 10.6 Å². The average Bonchev–Trinajstić information content (AvgIpc) is 3.41. The first-order valence-corrected chi connectivity index (χ1v) is 13.9. The maximum atomic E-state index is 12.9. The van der Waals surface area contributed by atoms with E-state index in [0.29, 0.717) is 10.8 Å². The summed E-state index contributed by atoms with van der Waals surface area (Å²) >= 11 is 2.83. The molecule has 5 rings (SSSR count). The predicted molar refractivity (Wildman–Crippen MR) is 160 cm³/mol. The van der Waals surface area contributed by atoms with Gasteiger partial charge in [-0.05, 0) is 53.6 Å². The Labute approximate surface area is 229 Å². The van der Waals surface area contributed by atoms with E-state index in [4.69, 9.17) is 0 Å². The molecule has 1 heterocycles. The summed E-state index contributed by atoms with van der Waals surface area (Å²) < 4.78 is 0. The summed E-state index contributed by atoms with van der Waals surface area (Å²) in [6, 6.07) is 31.6. The molecule has 7 heteroatoms. The SMILES string of the molecule is CC(Sc1cccc(NC(=O)/C=C/c2ccccc2)c1)C(=O)Nc1nc(-c2ccc3ccccc3c2)cs1. The van der Waals surface area contributed by atoms with Crippen molar-refractivity contribution in [3.8, 4) is 11.3 Å². The van der Waals surface area contributed by atoms with Crippen LogP contribution in [0.4, 0.5) is 10.8 Å². The minimum atomic E-state index is -0.355. The highest BCUT2D eigenvalue weighted by atomic mass is 32.2. The molecule has 5 aromatic rings. The number of anilines is 2. The molecule has 0 saturated carbocycles. The second kappa shape index (κ2) is 11.9. The van der Waals surface area contributed by atoms with Crippen LogP contribution < -0.4 is 10.6 Å². The van der Waals surface area contributed by atoms with E-state index in [9.17, 15) is 9.59 Å². The first-order valence-electron chi connectivity index (χ1n) is 12.1. The number of nitrogens with one attached hydrogen (secondary N) is 2. The fourth-order valence-corrected chi connectivity index (χ4v) is 5.49. The Bertz CT molecular complexity index is 1610. The van der Waals surface area contributed by atoms with E-state index in [1.807, 2.05) is 85.1 Å². The predicted octanol–water partition coefficient (Wildman–Crippen LogP) is 7.73. The molecule has 0 saturated heterocycles. The Balaban J connectivity index is 1.18. The van der Waals surface area contributed by atoms with E-state index >= 15 is 0 Å². The van der Waals surface area contributed by atoms with Crippen molar-refractivity contribution >= 4 is 62.6 Å². The van der Waals surface area contributed by atoms with Crippen LogP contribution in [0.25, 0.3) is 28.1 Å². The van der Waals surface area contributed by atoms with Crippen molar-refractivity contribution in [1.82, 2.24) is 4.98 Å². The lowest BCUT2D eigenvalue weighted by atomic mass is 10.1. The number of hydrogen-bond acceptors (Lipinski definition) is 5. The minimum Gasteiger partial charge on any atom is -0.322 e. The smallest absolute Gasteiger partial charge is 0.248 e. The van der Waals surface area contributed by atoms with E-state index in [1.54, 1.807) is 6.08 Å². The van der Waals surface area contributed by atoms with Gasteiger partial charge in [0, 0.05) is 27.6 Å². The van der Waals surface area contributed by atoms with Gasteiger partial charge in [-0.15, -0.1) is 23.1 Å². The number of thiazole rings is 1. The lowest BCUT2D eigenvalue weighted by molar-refractivity contribution is -0.115. The van der Waals surface area contributed by atoms with Crippen molar-refractivity contribution < 1.29 is 9.59 Å². The van der Waals surface area contributed by atoms with Crippen molar-refractivity contribution in [2.24, 2.45) is 0 Å². The molecule has 0 spiro atoms. The molecule has 0 fully saturated rings. The first kappa shape index (κ1) is 25.4. The van der Waals surface area contributed by atoms with Gasteiger partial charge < -0.3 is 10.6 Å². The van der Waals surface area contributed by atoms with Gasteiger partial charge in [0.1, 0.15) is 0 Å². The second-order valence-corrected chi connectivity index (χ2v) is 10.9. The van der Waals surface area contributed by atoms with E-state index in [2.05, 4.69) is 39.9 Å². The molecular weight excluding hydrogens is 510 g/mol. The van der Waals surface area contributed by atoms with Crippen molar-refractivity contribution in [1.29, 1.82) is 0 Å². The molecule has 1 atom stereocenters. The number of amides is 2. The Morgan fingerprint density at radius 2 is 1.66 bits per heavy atom. The van der Waals surface area contributed by atoms with E-state index < -0.39 is 0 Å². The van der Waals surface area contributed by atoms with Gasteiger partial charge in [0.25, 0.3) is 0 Å². The number of carbonyl (C=O) groups excluding carboxylic acids is 2. The molecular formula is C31H25N3O2S2. The zero-order chi connectivity index (χ0) is 26.3. The Hall–Kier alpha value is -4.20. The summed E-state index contributed by atoms with van der Waals surface area (Å²) in [6.45, 7) is 1.85. The molecule has 4 aromatic carbocycles. The summed E-state index contributed by atoms with van der Waals surface area (Å²) in [6.07, 6.45) is 3.27. The highest BCUT2D eigenvalue weighted by Gasteiger charge is 2.17. The van der Waals surface area contributed by atoms with Gasteiger partial charge in [0.15, 0.2) is 5.13 Å². The number of fused-ring (bicyclic) bond motifs is 1.